The lowest BCUT2D eigenvalue weighted by molar-refractivity contribution is -0.142. The van der Waals surface area contributed by atoms with Crippen LogP contribution in [0.25, 0.3) is 0 Å². The lowest BCUT2D eigenvalue weighted by Gasteiger charge is -2.25. The Kier molecular flexibility index (Phi) is 10.8. The molecule has 4 aromatic rings. The van der Waals surface area contributed by atoms with E-state index in [9.17, 15) is 29.4 Å². The van der Waals surface area contributed by atoms with Gasteiger partial charge in [0, 0.05) is 49.5 Å². The number of rotatable bonds is 15. The number of carbonyl (C=O) groups is 4. The van der Waals surface area contributed by atoms with Crippen molar-refractivity contribution in [2.75, 3.05) is 0 Å². The number of nitrogens with one attached hydrogen (secondary N) is 5. The molecule has 0 fully saturated rings. The van der Waals surface area contributed by atoms with Crippen LogP contribution in [-0.2, 0) is 44.9 Å². The predicted molar refractivity (Wildman–Crippen MR) is 158 cm³/mol. The lowest BCUT2D eigenvalue weighted by Crippen LogP contribution is -2.58. The van der Waals surface area contributed by atoms with Crippen LogP contribution < -0.4 is 21.7 Å². The number of nitrogens with two attached hydrogens (primary N) is 1. The van der Waals surface area contributed by atoms with Crippen molar-refractivity contribution in [1.29, 1.82) is 0 Å². The number of hydrogen-bond acceptors (Lipinski definition) is 8. The van der Waals surface area contributed by atoms with Crippen LogP contribution in [0.2, 0.25) is 0 Å². The minimum Gasteiger partial charge on any atom is -0.508 e. The van der Waals surface area contributed by atoms with E-state index in [4.69, 9.17) is 5.73 Å². The van der Waals surface area contributed by atoms with Gasteiger partial charge in [0.05, 0.1) is 18.7 Å². The molecule has 230 valence electrons. The van der Waals surface area contributed by atoms with Crippen molar-refractivity contribution in [1.82, 2.24) is 35.9 Å². The molecule has 2 aromatic heterocycles. The molecule has 0 radical (unpaired) electrons. The van der Waals surface area contributed by atoms with Gasteiger partial charge in [0.15, 0.2) is 0 Å². The van der Waals surface area contributed by atoms with Gasteiger partial charge in [0.25, 0.3) is 0 Å². The van der Waals surface area contributed by atoms with E-state index in [1.807, 2.05) is 0 Å². The average Bonchev–Trinajstić information content (AvgIpc) is 3.72. The second-order valence-corrected chi connectivity index (χ2v) is 10.3. The molecule has 0 saturated carbocycles. The molecule has 0 spiro atoms. The number of phenols is 1. The largest absolute Gasteiger partial charge is 0.508 e. The molecule has 0 aliphatic heterocycles. The molecule has 14 nitrogen and oxygen atoms in total. The second kappa shape index (κ2) is 15.1. The second-order valence-electron chi connectivity index (χ2n) is 10.3. The van der Waals surface area contributed by atoms with E-state index >= 15 is 0 Å². The maximum atomic E-state index is 13.7. The summed E-state index contributed by atoms with van der Waals surface area (Å²) in [5.74, 6) is -3.25. The number of imidazole rings is 2. The molecular weight excluding hydrogens is 568 g/mol. The van der Waals surface area contributed by atoms with Gasteiger partial charge in [-0.15, -0.1) is 0 Å². The number of aromatic amines is 2. The van der Waals surface area contributed by atoms with Crippen molar-refractivity contribution in [3.8, 4) is 5.75 Å². The number of aromatic nitrogens is 4. The standard InChI is InChI=1S/C30H34N8O6/c31-23(12-20-14-32-16-34-20)27(40)36-24(10-19-6-8-22(39)9-7-19)28(41)37-25(13-21-15-33-17-35-21)29(42)38-26(30(43)44)11-18-4-2-1-3-5-18/h1-9,14-17,23-26,39H,10-13,31H2,(H,32,34)(H,33,35)(H,36,40)(H,37,41)(H,38,42)(H,43,44). The fourth-order valence-corrected chi connectivity index (χ4v) is 4.50. The minimum absolute atomic E-state index is 0.0127. The van der Waals surface area contributed by atoms with Crippen molar-refractivity contribution in [3.05, 3.63) is 102 Å². The smallest absolute Gasteiger partial charge is 0.326 e. The Morgan fingerprint density at radius 1 is 0.682 bits per heavy atom. The van der Waals surface area contributed by atoms with Crippen LogP contribution in [-0.4, -0.2) is 78.0 Å². The first kappa shape index (κ1) is 31.4. The van der Waals surface area contributed by atoms with Crippen molar-refractivity contribution in [2.24, 2.45) is 5.73 Å². The number of carboxylic acid groups (broad SMARTS) is 1. The topological polar surface area (TPSA) is 228 Å². The summed E-state index contributed by atoms with van der Waals surface area (Å²) in [5, 5.41) is 27.4. The zero-order valence-electron chi connectivity index (χ0n) is 23.6. The minimum atomic E-state index is -1.26. The fourth-order valence-electron chi connectivity index (χ4n) is 4.50. The number of nitrogens with zero attached hydrogens (tertiary/aromatic N) is 2. The Bertz CT molecular complexity index is 1510. The zero-order chi connectivity index (χ0) is 31.5. The first-order valence-corrected chi connectivity index (χ1v) is 13.8. The molecule has 4 atom stereocenters. The molecule has 0 bridgehead atoms. The molecule has 0 saturated heterocycles. The number of amides is 3. The van der Waals surface area contributed by atoms with Crippen LogP contribution in [0.5, 0.6) is 5.75 Å². The Morgan fingerprint density at radius 3 is 1.75 bits per heavy atom. The Morgan fingerprint density at radius 2 is 1.18 bits per heavy atom. The fraction of sp³-hybridized carbons (Fsp3) is 0.267. The van der Waals surface area contributed by atoms with Crippen LogP contribution in [0.15, 0.2) is 79.6 Å². The molecule has 0 aliphatic carbocycles. The SMILES string of the molecule is NC(Cc1cnc[nH]1)C(=O)NC(Cc1ccc(O)cc1)C(=O)NC(Cc1cnc[nH]1)C(=O)NC(Cc1ccccc1)C(=O)O. The Balaban J connectivity index is 1.52. The van der Waals surface area contributed by atoms with Gasteiger partial charge in [-0.25, -0.2) is 14.8 Å². The summed E-state index contributed by atoms with van der Waals surface area (Å²) in [7, 11) is 0. The van der Waals surface area contributed by atoms with E-state index in [1.165, 1.54) is 37.2 Å². The predicted octanol–water partition coefficient (Wildman–Crippen LogP) is -0.0247. The summed E-state index contributed by atoms with van der Waals surface area (Å²) in [6, 6.07) is 10.3. The van der Waals surface area contributed by atoms with Crippen LogP contribution in [0, 0.1) is 0 Å². The summed E-state index contributed by atoms with van der Waals surface area (Å²) >= 11 is 0. The molecule has 4 unspecified atom stereocenters. The first-order chi connectivity index (χ1) is 21.2. The zero-order valence-corrected chi connectivity index (χ0v) is 23.6. The third-order valence-corrected chi connectivity index (χ3v) is 6.85. The number of carboxylic acids is 1. The Labute approximate surface area is 252 Å². The first-order valence-electron chi connectivity index (χ1n) is 13.8. The highest BCUT2D eigenvalue weighted by Gasteiger charge is 2.31. The average molecular weight is 603 g/mol. The van der Waals surface area contributed by atoms with Crippen molar-refractivity contribution in [3.63, 3.8) is 0 Å². The van der Waals surface area contributed by atoms with E-state index in [2.05, 4.69) is 35.9 Å². The van der Waals surface area contributed by atoms with Crippen LogP contribution in [0.3, 0.4) is 0 Å². The summed E-state index contributed by atoms with van der Waals surface area (Å²) < 4.78 is 0. The number of phenolic OH excluding ortho intramolecular Hbond substituents is 1. The highest BCUT2D eigenvalue weighted by Crippen LogP contribution is 2.13. The van der Waals surface area contributed by atoms with Gasteiger partial charge in [-0.3, -0.25) is 14.4 Å². The van der Waals surface area contributed by atoms with Gasteiger partial charge >= 0.3 is 5.97 Å². The van der Waals surface area contributed by atoms with Gasteiger partial charge in [0.1, 0.15) is 23.9 Å². The van der Waals surface area contributed by atoms with Gasteiger partial charge in [0.2, 0.25) is 17.7 Å². The molecule has 4 rings (SSSR count). The molecule has 14 heteroatoms. The highest BCUT2D eigenvalue weighted by molar-refractivity contribution is 5.94. The molecule has 3 amide bonds. The molecule has 9 N–H and O–H groups in total. The van der Waals surface area contributed by atoms with Crippen molar-refractivity contribution >= 4 is 23.7 Å². The van der Waals surface area contributed by atoms with Crippen LogP contribution in [0.4, 0.5) is 0 Å². The van der Waals surface area contributed by atoms with Gasteiger partial charge in [-0.1, -0.05) is 42.5 Å². The number of benzene rings is 2. The molecule has 44 heavy (non-hydrogen) atoms. The summed E-state index contributed by atoms with van der Waals surface area (Å²) in [6.45, 7) is 0. The molecule has 2 aromatic carbocycles. The highest BCUT2D eigenvalue weighted by atomic mass is 16.4. The van der Waals surface area contributed by atoms with Gasteiger partial charge in [-0.2, -0.15) is 0 Å². The quantitative estimate of drug-likeness (QED) is 0.0912. The number of aromatic hydroxyl groups is 1. The number of carbonyl (C=O) groups excluding carboxylic acids is 3. The molecule has 0 aliphatic rings. The van der Waals surface area contributed by atoms with Gasteiger partial charge < -0.3 is 41.9 Å². The van der Waals surface area contributed by atoms with Gasteiger partial charge in [-0.05, 0) is 23.3 Å². The van der Waals surface area contributed by atoms with Crippen LogP contribution >= 0.6 is 0 Å². The normalized spacial score (nSPS) is 13.7. The van der Waals surface area contributed by atoms with Crippen LogP contribution in [0.1, 0.15) is 22.5 Å². The summed E-state index contributed by atoms with van der Waals surface area (Å²) in [5.41, 5.74) is 8.57. The number of aliphatic carboxylic acids is 1. The number of H-pyrrole nitrogens is 2. The van der Waals surface area contributed by atoms with Crippen molar-refractivity contribution < 1.29 is 29.4 Å². The van der Waals surface area contributed by atoms with E-state index in [1.54, 1.807) is 42.5 Å². The van der Waals surface area contributed by atoms with E-state index < -0.39 is 47.9 Å². The molecule has 2 heterocycles. The lowest BCUT2D eigenvalue weighted by atomic mass is 10.0. The molecular formula is C30H34N8O6. The third-order valence-electron chi connectivity index (χ3n) is 6.85. The number of hydrogen-bond donors (Lipinski definition) is 8. The maximum Gasteiger partial charge on any atom is 0.326 e. The van der Waals surface area contributed by atoms with E-state index in [-0.39, 0.29) is 31.4 Å². The van der Waals surface area contributed by atoms with E-state index in [0.29, 0.717) is 22.5 Å². The third kappa shape index (κ3) is 9.25. The summed E-state index contributed by atoms with van der Waals surface area (Å²) in [6.07, 6.45) is 6.04. The Hall–Kier alpha value is -5.50. The van der Waals surface area contributed by atoms with E-state index in [0.717, 1.165) is 0 Å². The monoisotopic (exact) mass is 602 g/mol. The summed E-state index contributed by atoms with van der Waals surface area (Å²) in [4.78, 5) is 65.9. The maximum absolute atomic E-state index is 13.7. The van der Waals surface area contributed by atoms with Crippen molar-refractivity contribution in [2.45, 2.75) is 49.9 Å².